The lowest BCUT2D eigenvalue weighted by Crippen LogP contribution is -2.63. The zero-order chi connectivity index (χ0) is 18.1. The molecule has 2 fully saturated rings. The van der Waals surface area contributed by atoms with Gasteiger partial charge in [0.15, 0.2) is 14.1 Å². The first-order chi connectivity index (χ1) is 11.1. The van der Waals surface area contributed by atoms with Gasteiger partial charge in [-0.1, -0.05) is 20.8 Å². The van der Waals surface area contributed by atoms with Crippen molar-refractivity contribution in [2.45, 2.75) is 69.1 Å². The van der Waals surface area contributed by atoms with Crippen molar-refractivity contribution in [3.05, 3.63) is 0 Å². The van der Waals surface area contributed by atoms with E-state index in [9.17, 15) is 9.59 Å². The second-order valence-electron chi connectivity index (χ2n) is 8.17. The number of carbonyl (C=O) groups excluding carboxylic acids is 2. The molecule has 2 aliphatic rings. The highest BCUT2D eigenvalue weighted by atomic mass is 32.2. The molecule has 2 heterocycles. The second-order valence-corrected chi connectivity index (χ2v) is 14.0. The molecule has 0 aliphatic carbocycles. The number of ether oxygens (including phenoxy) is 1. The first-order valence-corrected chi connectivity index (χ1v) is 12.9. The molecule has 0 bridgehead atoms. The van der Waals surface area contributed by atoms with Crippen LogP contribution in [0.25, 0.3) is 0 Å². The number of carbonyl (C=O) groups is 2. The van der Waals surface area contributed by atoms with Crippen molar-refractivity contribution < 1.29 is 18.8 Å². The molecule has 0 aromatic carbocycles. The fraction of sp³-hybridized carbons (Fsp3) is 0.882. The fourth-order valence-electron chi connectivity index (χ4n) is 2.90. The lowest BCUT2D eigenvalue weighted by molar-refractivity contribution is -0.163. The molecular formula is C17H31NO4SSi. The Balaban J connectivity index is 1.91. The van der Waals surface area contributed by atoms with Crippen molar-refractivity contribution in [2.24, 2.45) is 0 Å². The largest absolute Gasteiger partial charge is 0.415 e. The quantitative estimate of drug-likeness (QED) is 0.529. The van der Waals surface area contributed by atoms with Crippen LogP contribution in [0.5, 0.6) is 0 Å². The van der Waals surface area contributed by atoms with Crippen LogP contribution < -0.4 is 0 Å². The highest BCUT2D eigenvalue weighted by Crippen LogP contribution is 2.37. The normalized spacial score (nSPS) is 28.9. The van der Waals surface area contributed by atoms with Crippen LogP contribution in [-0.2, 0) is 18.8 Å². The average Bonchev–Trinajstić information content (AvgIpc) is 2.48. The van der Waals surface area contributed by atoms with Crippen molar-refractivity contribution in [1.82, 2.24) is 4.90 Å². The highest BCUT2D eigenvalue weighted by molar-refractivity contribution is 7.99. The average molecular weight is 374 g/mol. The van der Waals surface area contributed by atoms with Crippen LogP contribution in [0.4, 0.5) is 0 Å². The number of nitrogens with zero attached hydrogens (tertiary/aromatic N) is 1. The van der Waals surface area contributed by atoms with E-state index >= 15 is 0 Å². The summed E-state index contributed by atoms with van der Waals surface area (Å²) in [5, 5.41) is 0.157. The van der Waals surface area contributed by atoms with Crippen LogP contribution in [-0.4, -0.2) is 68.3 Å². The number of Topliss-reactive ketones (excluding diaryl/α,β-unsaturated/α-hetero) is 1. The van der Waals surface area contributed by atoms with Crippen molar-refractivity contribution in [3.63, 3.8) is 0 Å². The first kappa shape index (κ1) is 19.9. The van der Waals surface area contributed by atoms with E-state index < -0.39 is 14.4 Å². The van der Waals surface area contributed by atoms with Crippen LogP contribution in [0, 0.1) is 0 Å². The van der Waals surface area contributed by atoms with E-state index in [-0.39, 0.29) is 28.0 Å². The van der Waals surface area contributed by atoms with E-state index in [0.717, 1.165) is 6.42 Å². The van der Waals surface area contributed by atoms with Gasteiger partial charge < -0.3 is 14.1 Å². The van der Waals surface area contributed by atoms with Gasteiger partial charge in [-0.3, -0.25) is 9.59 Å². The lowest BCUT2D eigenvalue weighted by atomic mass is 9.90. The zero-order valence-electron chi connectivity index (χ0n) is 15.8. The summed E-state index contributed by atoms with van der Waals surface area (Å²) in [6.07, 6.45) is 2.69. The molecule has 0 spiro atoms. The van der Waals surface area contributed by atoms with E-state index in [1.165, 1.54) is 0 Å². The SMILES string of the molecule is CS[C@H]1CCO[C@H]([C@H]2CC(=O)N2CCO[Si](C)(C)C(C)(C)C)C1=O. The Kier molecular flexibility index (Phi) is 6.21. The summed E-state index contributed by atoms with van der Waals surface area (Å²) in [4.78, 5) is 26.3. The van der Waals surface area contributed by atoms with E-state index in [1.807, 2.05) is 6.26 Å². The molecule has 0 aromatic rings. The Morgan fingerprint density at radius 1 is 1.33 bits per heavy atom. The van der Waals surface area contributed by atoms with E-state index in [2.05, 4.69) is 33.9 Å². The van der Waals surface area contributed by atoms with Gasteiger partial charge in [0.2, 0.25) is 5.91 Å². The van der Waals surface area contributed by atoms with Crippen molar-refractivity contribution in [3.8, 4) is 0 Å². The summed E-state index contributed by atoms with van der Waals surface area (Å²) in [5.74, 6) is 0.239. The summed E-state index contributed by atoms with van der Waals surface area (Å²) in [6, 6.07) is -0.108. The molecule has 7 heteroatoms. The standard InChI is InChI=1S/C17H31NO4SSi/c1-17(2,3)24(5,6)22-10-8-18-12(11-14(18)19)16-15(20)13(23-4)7-9-21-16/h12-13,16H,7-11H2,1-6H3/t12-,13+,16-/m1/s1. The summed E-state index contributed by atoms with van der Waals surface area (Å²) in [7, 11) is -1.81. The number of ketones is 1. The number of thioether (sulfide) groups is 1. The van der Waals surface area contributed by atoms with E-state index in [4.69, 9.17) is 9.16 Å². The minimum absolute atomic E-state index is 0.00443. The van der Waals surface area contributed by atoms with Gasteiger partial charge in [0.25, 0.3) is 0 Å². The van der Waals surface area contributed by atoms with Crippen LogP contribution in [0.2, 0.25) is 18.1 Å². The molecule has 1 amide bonds. The van der Waals surface area contributed by atoms with Crippen molar-refractivity contribution in [2.75, 3.05) is 26.0 Å². The Hall–Kier alpha value is -0.373. The number of β-lactam (4-membered cyclic amide) rings is 1. The molecule has 0 saturated carbocycles. The predicted molar refractivity (Wildman–Crippen MR) is 99.9 cm³/mol. The Labute approximate surface area is 151 Å². The maximum Gasteiger partial charge on any atom is 0.225 e. The summed E-state index contributed by atoms with van der Waals surface area (Å²) in [5.41, 5.74) is 0. The Morgan fingerprint density at radius 2 is 2.00 bits per heavy atom. The van der Waals surface area contributed by atoms with Gasteiger partial charge in [-0.15, -0.1) is 0 Å². The fourth-order valence-corrected chi connectivity index (χ4v) is 4.63. The van der Waals surface area contributed by atoms with Gasteiger partial charge in [-0.05, 0) is 30.8 Å². The number of amides is 1. The number of hydrogen-bond acceptors (Lipinski definition) is 5. The molecule has 0 unspecified atom stereocenters. The number of hydrogen-bond donors (Lipinski definition) is 0. The van der Waals surface area contributed by atoms with Crippen LogP contribution in [0.15, 0.2) is 0 Å². The number of likely N-dealkylation sites (tertiary alicyclic amines) is 1. The molecule has 0 aromatic heterocycles. The van der Waals surface area contributed by atoms with Crippen molar-refractivity contribution in [1.29, 1.82) is 0 Å². The molecular weight excluding hydrogens is 342 g/mol. The molecule has 5 nitrogen and oxygen atoms in total. The van der Waals surface area contributed by atoms with E-state index in [0.29, 0.717) is 26.2 Å². The summed E-state index contributed by atoms with van der Waals surface area (Å²) in [6.45, 7) is 12.7. The maximum absolute atomic E-state index is 12.5. The molecule has 24 heavy (non-hydrogen) atoms. The maximum atomic E-state index is 12.5. The molecule has 3 atom stereocenters. The first-order valence-electron chi connectivity index (χ1n) is 8.70. The topological polar surface area (TPSA) is 55.8 Å². The highest BCUT2D eigenvalue weighted by Gasteiger charge is 2.47. The van der Waals surface area contributed by atoms with Crippen LogP contribution in [0.3, 0.4) is 0 Å². The third-order valence-corrected chi connectivity index (χ3v) is 11.2. The van der Waals surface area contributed by atoms with Gasteiger partial charge >= 0.3 is 0 Å². The summed E-state index contributed by atoms with van der Waals surface area (Å²) >= 11 is 1.58. The second kappa shape index (κ2) is 7.48. The van der Waals surface area contributed by atoms with Crippen molar-refractivity contribution >= 4 is 31.8 Å². The molecule has 0 radical (unpaired) electrons. The molecule has 138 valence electrons. The Morgan fingerprint density at radius 3 is 2.54 bits per heavy atom. The van der Waals surface area contributed by atoms with Gasteiger partial charge in [-0.2, -0.15) is 11.8 Å². The molecule has 2 saturated heterocycles. The minimum atomic E-state index is -1.81. The van der Waals surface area contributed by atoms with E-state index in [1.54, 1.807) is 16.7 Å². The minimum Gasteiger partial charge on any atom is -0.415 e. The van der Waals surface area contributed by atoms with Gasteiger partial charge in [0, 0.05) is 13.2 Å². The predicted octanol–water partition coefficient (Wildman–Crippen LogP) is 2.70. The third-order valence-electron chi connectivity index (χ3n) is 5.61. The van der Waals surface area contributed by atoms with Crippen LogP contribution in [0.1, 0.15) is 33.6 Å². The van der Waals surface area contributed by atoms with Crippen LogP contribution >= 0.6 is 11.8 Å². The third kappa shape index (κ3) is 4.06. The smallest absolute Gasteiger partial charge is 0.225 e. The molecule has 2 aliphatic heterocycles. The van der Waals surface area contributed by atoms with Gasteiger partial charge in [-0.25, -0.2) is 0 Å². The monoisotopic (exact) mass is 373 g/mol. The van der Waals surface area contributed by atoms with Gasteiger partial charge in [0.1, 0.15) is 6.10 Å². The Bertz CT molecular complexity index is 491. The zero-order valence-corrected chi connectivity index (χ0v) is 17.6. The lowest BCUT2D eigenvalue weighted by Gasteiger charge is -2.46. The summed E-state index contributed by atoms with van der Waals surface area (Å²) < 4.78 is 11.9. The van der Waals surface area contributed by atoms with Gasteiger partial charge in [0.05, 0.1) is 24.3 Å². The molecule has 0 N–H and O–H groups in total. The molecule has 2 rings (SSSR count). The number of rotatable bonds is 6.